The monoisotopic (exact) mass is 208 g/mol. The maximum atomic E-state index is 7.62. The molecule has 14 heavy (non-hydrogen) atoms. The van der Waals surface area contributed by atoms with Crippen molar-refractivity contribution in [2.24, 2.45) is 0 Å². The van der Waals surface area contributed by atoms with E-state index in [4.69, 9.17) is 25.3 Å². The maximum absolute atomic E-state index is 7.62. The van der Waals surface area contributed by atoms with Gasteiger partial charge in [0.05, 0.1) is 13.2 Å². The zero-order valence-electron chi connectivity index (χ0n) is 8.47. The second-order valence-corrected chi connectivity index (χ2v) is 0.794. The van der Waals surface area contributed by atoms with Crippen LogP contribution in [0.15, 0.2) is 39.5 Å². The van der Waals surface area contributed by atoms with Gasteiger partial charge in [0.15, 0.2) is 0 Å². The molecule has 0 rings (SSSR count). The third kappa shape index (κ3) is 156000. The minimum absolute atomic E-state index is 0.125. The van der Waals surface area contributed by atoms with Crippen LogP contribution in [-0.2, 0) is 0 Å². The van der Waals surface area contributed by atoms with Crippen molar-refractivity contribution in [3.05, 3.63) is 39.5 Å². The highest BCUT2D eigenvalue weighted by molar-refractivity contribution is 6.30. The van der Waals surface area contributed by atoms with Crippen LogP contribution in [0, 0.1) is 0 Å². The summed E-state index contributed by atoms with van der Waals surface area (Å²) < 4.78 is 0. The standard InChI is InChI=1S/C2H6O2.3C2H4.BH3O3/c3-1-2-4;3*1-2;2-1(3)4/h3-4H,1-2H2;3*1-2H2;2-4H. The highest BCUT2D eigenvalue weighted by atomic mass is 16.5. The molecule has 0 amide bonds. The average Bonchev–Trinajstić information content (AvgIpc) is 2.25. The van der Waals surface area contributed by atoms with Gasteiger partial charge in [-0.25, -0.2) is 0 Å². The summed E-state index contributed by atoms with van der Waals surface area (Å²) >= 11 is 0. The van der Waals surface area contributed by atoms with E-state index in [-0.39, 0.29) is 13.2 Å². The predicted octanol–water partition coefficient (Wildman–Crippen LogP) is -0.674. The number of hydrogen-bond acceptors (Lipinski definition) is 5. The Labute approximate surface area is 86.1 Å². The van der Waals surface area contributed by atoms with Crippen molar-refractivity contribution < 1.29 is 25.3 Å². The molecule has 5 nitrogen and oxygen atoms in total. The van der Waals surface area contributed by atoms with E-state index < -0.39 is 7.32 Å². The fourth-order valence-electron chi connectivity index (χ4n) is 0. The van der Waals surface area contributed by atoms with Crippen molar-refractivity contribution in [1.82, 2.24) is 0 Å². The molecular weight excluding hydrogens is 187 g/mol. The molecule has 0 atom stereocenters. The summed E-state index contributed by atoms with van der Waals surface area (Å²) in [6, 6.07) is 0. The van der Waals surface area contributed by atoms with Gasteiger partial charge < -0.3 is 25.3 Å². The first-order valence-electron chi connectivity index (χ1n) is 3.41. The van der Waals surface area contributed by atoms with Crippen molar-refractivity contribution in [3.8, 4) is 0 Å². The predicted molar refractivity (Wildman–Crippen MR) is 60.3 cm³/mol. The fourth-order valence-corrected chi connectivity index (χ4v) is 0. The molecule has 0 unspecified atom stereocenters. The molecule has 0 aromatic rings. The summed E-state index contributed by atoms with van der Waals surface area (Å²) in [4.78, 5) is 0. The molecule has 0 radical (unpaired) electrons. The number of rotatable bonds is 1. The summed E-state index contributed by atoms with van der Waals surface area (Å²) in [6.45, 7) is 17.8. The highest BCUT2D eigenvalue weighted by Crippen LogP contribution is 1.40. The molecule has 0 aliphatic heterocycles. The Morgan fingerprint density at radius 1 is 0.643 bits per heavy atom. The Hall–Kier alpha value is -0.915. The Balaban J connectivity index is -0.0000000255. The molecular formula is C8H21BO5. The molecule has 6 heteroatoms. The Morgan fingerprint density at radius 2 is 0.714 bits per heavy atom. The lowest BCUT2D eigenvalue weighted by molar-refractivity contribution is 0.186. The van der Waals surface area contributed by atoms with Gasteiger partial charge in [0.2, 0.25) is 0 Å². The molecule has 0 saturated heterocycles. The quantitative estimate of drug-likeness (QED) is 0.290. The average molecular weight is 208 g/mol. The summed E-state index contributed by atoms with van der Waals surface area (Å²) in [5.74, 6) is 0. The largest absolute Gasteiger partial charge is 0.631 e. The van der Waals surface area contributed by atoms with Gasteiger partial charge >= 0.3 is 7.32 Å². The third-order valence-corrected chi connectivity index (χ3v) is 0.1000. The van der Waals surface area contributed by atoms with Gasteiger partial charge in [-0.3, -0.25) is 0 Å². The first-order valence-corrected chi connectivity index (χ1v) is 3.41. The van der Waals surface area contributed by atoms with E-state index in [2.05, 4.69) is 39.5 Å². The van der Waals surface area contributed by atoms with Crippen LogP contribution in [0.3, 0.4) is 0 Å². The normalized spacial score (nSPS) is 4.93. The Kier molecular flexibility index (Phi) is 186. The Bertz CT molecular complexity index is 54.2. The third-order valence-electron chi connectivity index (χ3n) is 0.1000. The molecule has 0 fully saturated rings. The van der Waals surface area contributed by atoms with E-state index >= 15 is 0 Å². The molecule has 0 aromatic carbocycles. The first kappa shape index (κ1) is 29.2. The second-order valence-electron chi connectivity index (χ2n) is 0.794. The van der Waals surface area contributed by atoms with E-state index in [0.29, 0.717) is 0 Å². The molecule has 0 aliphatic carbocycles. The molecule has 0 spiro atoms. The van der Waals surface area contributed by atoms with Gasteiger partial charge in [-0.1, -0.05) is 0 Å². The minimum atomic E-state index is -2.17. The SMILES string of the molecule is C=C.C=C.C=C.OB(O)O.OCCO. The van der Waals surface area contributed by atoms with Crippen molar-refractivity contribution in [1.29, 1.82) is 0 Å². The Morgan fingerprint density at radius 3 is 0.714 bits per heavy atom. The van der Waals surface area contributed by atoms with Gasteiger partial charge in [0, 0.05) is 0 Å². The fraction of sp³-hybridized carbons (Fsp3) is 0.250. The van der Waals surface area contributed by atoms with Crippen LogP contribution in [0.25, 0.3) is 0 Å². The molecule has 5 N–H and O–H groups in total. The van der Waals surface area contributed by atoms with E-state index in [1.54, 1.807) is 0 Å². The van der Waals surface area contributed by atoms with Crippen LogP contribution < -0.4 is 0 Å². The van der Waals surface area contributed by atoms with E-state index in [9.17, 15) is 0 Å². The smallest absolute Gasteiger partial charge is 0.402 e. The lowest BCUT2D eigenvalue weighted by Gasteiger charge is -1.70. The topological polar surface area (TPSA) is 101 Å². The van der Waals surface area contributed by atoms with Crippen molar-refractivity contribution >= 4 is 7.32 Å². The first-order chi connectivity index (χ1) is 6.65. The molecule has 0 heterocycles. The molecule has 86 valence electrons. The van der Waals surface area contributed by atoms with Crippen LogP contribution in [0.5, 0.6) is 0 Å². The number of hydrogen-bond donors (Lipinski definition) is 5. The molecule has 0 aromatic heterocycles. The van der Waals surface area contributed by atoms with Crippen molar-refractivity contribution in [3.63, 3.8) is 0 Å². The van der Waals surface area contributed by atoms with E-state index in [1.165, 1.54) is 0 Å². The van der Waals surface area contributed by atoms with Gasteiger partial charge in [-0.05, 0) is 0 Å². The van der Waals surface area contributed by atoms with E-state index in [0.717, 1.165) is 0 Å². The summed E-state index contributed by atoms with van der Waals surface area (Å²) in [6.07, 6.45) is 0. The van der Waals surface area contributed by atoms with Crippen molar-refractivity contribution in [2.75, 3.05) is 13.2 Å². The van der Waals surface area contributed by atoms with Crippen LogP contribution in [0.4, 0.5) is 0 Å². The minimum Gasteiger partial charge on any atom is -0.402 e. The van der Waals surface area contributed by atoms with Gasteiger partial charge in [-0.2, -0.15) is 0 Å². The second kappa shape index (κ2) is 89.0. The highest BCUT2D eigenvalue weighted by Gasteiger charge is 1.92. The lowest BCUT2D eigenvalue weighted by Crippen LogP contribution is -2.07. The molecule has 0 aliphatic rings. The summed E-state index contributed by atoms with van der Waals surface area (Å²) in [5.41, 5.74) is 0. The van der Waals surface area contributed by atoms with Crippen LogP contribution in [0.1, 0.15) is 0 Å². The maximum Gasteiger partial charge on any atom is 0.631 e. The lowest BCUT2D eigenvalue weighted by atomic mass is 10.3. The van der Waals surface area contributed by atoms with Gasteiger partial charge in [0.1, 0.15) is 0 Å². The van der Waals surface area contributed by atoms with Crippen LogP contribution in [0.2, 0.25) is 0 Å². The molecule has 0 bridgehead atoms. The number of aliphatic hydroxyl groups is 2. The summed E-state index contributed by atoms with van der Waals surface area (Å²) in [5, 5.41) is 36.8. The number of aliphatic hydroxyl groups excluding tert-OH is 2. The van der Waals surface area contributed by atoms with E-state index in [1.807, 2.05) is 0 Å². The van der Waals surface area contributed by atoms with Crippen LogP contribution >= 0.6 is 0 Å². The van der Waals surface area contributed by atoms with Crippen LogP contribution in [-0.4, -0.2) is 45.8 Å². The molecule has 0 saturated carbocycles. The van der Waals surface area contributed by atoms with Gasteiger partial charge in [-0.15, -0.1) is 39.5 Å². The zero-order chi connectivity index (χ0) is 13.0. The van der Waals surface area contributed by atoms with Gasteiger partial charge in [0.25, 0.3) is 0 Å². The zero-order valence-corrected chi connectivity index (χ0v) is 8.47. The van der Waals surface area contributed by atoms with Crippen molar-refractivity contribution in [2.45, 2.75) is 0 Å². The summed E-state index contributed by atoms with van der Waals surface area (Å²) in [7, 11) is -2.17.